The molecule has 0 aliphatic rings. The number of carbonyl (C=O) groups excluding carboxylic acids is 2. The van der Waals surface area contributed by atoms with Crippen LogP contribution < -0.4 is 5.32 Å². The van der Waals surface area contributed by atoms with Gasteiger partial charge < -0.3 is 10.1 Å². The minimum absolute atomic E-state index is 0.295. The second kappa shape index (κ2) is 6.09. The fourth-order valence-electron chi connectivity index (χ4n) is 1.88. The van der Waals surface area contributed by atoms with Gasteiger partial charge in [0, 0.05) is 18.1 Å². The quantitative estimate of drug-likeness (QED) is 0.881. The second-order valence-electron chi connectivity index (χ2n) is 4.56. The number of anilines is 1. The number of aryl methyl sites for hydroxylation is 2. The van der Waals surface area contributed by atoms with Crippen molar-refractivity contribution in [3.63, 3.8) is 0 Å². The van der Waals surface area contributed by atoms with Gasteiger partial charge in [0.15, 0.2) is 0 Å². The standard InChI is InChI=1S/C14H17N3O3S/c1-5-20-14(19)11-8(2)9(3)21-13(11)16-12(18)10-6-15-17(4)7-10/h6-7H,5H2,1-4H3,(H,16,18). The molecule has 0 radical (unpaired) electrons. The van der Waals surface area contributed by atoms with Crippen LogP contribution in [0, 0.1) is 13.8 Å². The molecule has 6 nitrogen and oxygen atoms in total. The number of hydrogen-bond donors (Lipinski definition) is 1. The number of nitrogens with one attached hydrogen (secondary N) is 1. The van der Waals surface area contributed by atoms with Gasteiger partial charge in [-0.15, -0.1) is 11.3 Å². The normalized spacial score (nSPS) is 10.5. The second-order valence-corrected chi connectivity index (χ2v) is 5.79. The smallest absolute Gasteiger partial charge is 0.341 e. The highest BCUT2D eigenvalue weighted by Gasteiger charge is 2.22. The summed E-state index contributed by atoms with van der Waals surface area (Å²) in [5.41, 5.74) is 1.70. The third-order valence-electron chi connectivity index (χ3n) is 3.06. The molecular weight excluding hydrogens is 290 g/mol. The Morgan fingerprint density at radius 3 is 2.71 bits per heavy atom. The molecule has 0 bridgehead atoms. The average molecular weight is 307 g/mol. The molecule has 0 spiro atoms. The number of hydrogen-bond acceptors (Lipinski definition) is 5. The lowest BCUT2D eigenvalue weighted by Crippen LogP contribution is -2.14. The Bertz CT molecular complexity index is 688. The summed E-state index contributed by atoms with van der Waals surface area (Å²) in [4.78, 5) is 25.2. The van der Waals surface area contributed by atoms with Crippen LogP contribution in [0.2, 0.25) is 0 Å². The molecule has 0 unspecified atom stereocenters. The van der Waals surface area contributed by atoms with Gasteiger partial charge in [0.05, 0.1) is 23.9 Å². The van der Waals surface area contributed by atoms with Gasteiger partial charge >= 0.3 is 5.97 Å². The molecule has 1 N–H and O–H groups in total. The third kappa shape index (κ3) is 3.13. The van der Waals surface area contributed by atoms with Gasteiger partial charge in [-0.25, -0.2) is 4.79 Å². The monoisotopic (exact) mass is 307 g/mol. The lowest BCUT2D eigenvalue weighted by Gasteiger charge is -2.06. The SMILES string of the molecule is CCOC(=O)c1c(NC(=O)c2cnn(C)c2)sc(C)c1C. The van der Waals surface area contributed by atoms with Crippen molar-refractivity contribution >= 4 is 28.2 Å². The Balaban J connectivity index is 2.29. The molecule has 0 fully saturated rings. The predicted octanol–water partition coefficient (Wildman–Crippen LogP) is 2.53. The van der Waals surface area contributed by atoms with Gasteiger partial charge in [0.2, 0.25) is 0 Å². The van der Waals surface area contributed by atoms with E-state index in [1.807, 2.05) is 13.8 Å². The third-order valence-corrected chi connectivity index (χ3v) is 4.18. The lowest BCUT2D eigenvalue weighted by molar-refractivity contribution is 0.0527. The molecule has 1 amide bonds. The molecule has 2 heterocycles. The fourth-order valence-corrected chi connectivity index (χ4v) is 2.92. The molecule has 112 valence electrons. The zero-order valence-corrected chi connectivity index (χ0v) is 13.2. The number of ether oxygens (including phenoxy) is 1. The van der Waals surface area contributed by atoms with Crippen LogP contribution in [0.1, 0.15) is 38.1 Å². The van der Waals surface area contributed by atoms with Crippen LogP contribution in [0.15, 0.2) is 12.4 Å². The molecule has 2 rings (SSSR count). The van der Waals surface area contributed by atoms with E-state index >= 15 is 0 Å². The number of carbonyl (C=O) groups is 2. The first-order valence-electron chi connectivity index (χ1n) is 6.51. The number of aromatic nitrogens is 2. The Labute approximate surface area is 126 Å². The number of nitrogens with zero attached hydrogens (tertiary/aromatic N) is 2. The van der Waals surface area contributed by atoms with Crippen molar-refractivity contribution in [2.45, 2.75) is 20.8 Å². The summed E-state index contributed by atoms with van der Waals surface area (Å²) < 4.78 is 6.60. The van der Waals surface area contributed by atoms with E-state index in [9.17, 15) is 9.59 Å². The van der Waals surface area contributed by atoms with Crippen LogP contribution in [0.4, 0.5) is 5.00 Å². The van der Waals surface area contributed by atoms with Crippen molar-refractivity contribution in [2.75, 3.05) is 11.9 Å². The van der Waals surface area contributed by atoms with E-state index in [2.05, 4.69) is 10.4 Å². The maximum atomic E-state index is 12.2. The van der Waals surface area contributed by atoms with Gasteiger partial charge in [-0.3, -0.25) is 9.48 Å². The Kier molecular flexibility index (Phi) is 4.42. The van der Waals surface area contributed by atoms with E-state index in [1.54, 1.807) is 24.9 Å². The van der Waals surface area contributed by atoms with E-state index in [0.29, 0.717) is 22.7 Å². The van der Waals surface area contributed by atoms with E-state index in [1.165, 1.54) is 17.5 Å². The topological polar surface area (TPSA) is 73.2 Å². The summed E-state index contributed by atoms with van der Waals surface area (Å²) in [5.74, 6) is -0.712. The summed E-state index contributed by atoms with van der Waals surface area (Å²) >= 11 is 1.36. The maximum Gasteiger partial charge on any atom is 0.341 e. The highest BCUT2D eigenvalue weighted by atomic mass is 32.1. The van der Waals surface area contributed by atoms with Crippen LogP contribution in [-0.4, -0.2) is 28.3 Å². The fraction of sp³-hybridized carbons (Fsp3) is 0.357. The van der Waals surface area contributed by atoms with Crippen molar-refractivity contribution in [1.82, 2.24) is 9.78 Å². The summed E-state index contributed by atoms with van der Waals surface area (Å²) in [5, 5.41) is 7.23. The molecule has 0 saturated carbocycles. The number of rotatable bonds is 4. The number of thiophene rings is 1. The average Bonchev–Trinajstić information content (AvgIpc) is 2.95. The zero-order valence-electron chi connectivity index (χ0n) is 12.4. The highest BCUT2D eigenvalue weighted by molar-refractivity contribution is 7.16. The minimum Gasteiger partial charge on any atom is -0.462 e. The molecule has 21 heavy (non-hydrogen) atoms. The molecule has 0 saturated heterocycles. The Morgan fingerprint density at radius 1 is 1.43 bits per heavy atom. The number of amides is 1. The predicted molar refractivity (Wildman–Crippen MR) is 80.9 cm³/mol. The van der Waals surface area contributed by atoms with Gasteiger partial charge in [-0.1, -0.05) is 0 Å². The van der Waals surface area contributed by atoms with Crippen LogP contribution in [0.5, 0.6) is 0 Å². The molecule has 0 atom stereocenters. The highest BCUT2D eigenvalue weighted by Crippen LogP contribution is 2.33. The van der Waals surface area contributed by atoms with E-state index < -0.39 is 5.97 Å². The van der Waals surface area contributed by atoms with E-state index in [4.69, 9.17) is 4.74 Å². The molecule has 7 heteroatoms. The first-order valence-corrected chi connectivity index (χ1v) is 7.32. The molecular formula is C14H17N3O3S. The summed E-state index contributed by atoms with van der Waals surface area (Å²) in [6.07, 6.45) is 3.10. The Hall–Kier alpha value is -2.15. The lowest BCUT2D eigenvalue weighted by atomic mass is 10.1. The van der Waals surface area contributed by atoms with E-state index in [-0.39, 0.29) is 5.91 Å². The first kappa shape index (κ1) is 15.2. The van der Waals surface area contributed by atoms with Gasteiger partial charge in [-0.2, -0.15) is 5.10 Å². The van der Waals surface area contributed by atoms with Crippen molar-refractivity contribution in [3.05, 3.63) is 34.0 Å². The van der Waals surface area contributed by atoms with Crippen molar-refractivity contribution < 1.29 is 14.3 Å². The molecule has 0 aliphatic heterocycles. The van der Waals surface area contributed by atoms with Crippen LogP contribution in [0.3, 0.4) is 0 Å². The van der Waals surface area contributed by atoms with Crippen LogP contribution >= 0.6 is 11.3 Å². The van der Waals surface area contributed by atoms with Gasteiger partial charge in [-0.05, 0) is 26.3 Å². The van der Waals surface area contributed by atoms with Crippen molar-refractivity contribution in [3.8, 4) is 0 Å². The largest absolute Gasteiger partial charge is 0.462 e. The van der Waals surface area contributed by atoms with E-state index in [0.717, 1.165) is 10.4 Å². The molecule has 2 aromatic heterocycles. The van der Waals surface area contributed by atoms with Crippen molar-refractivity contribution in [1.29, 1.82) is 0 Å². The van der Waals surface area contributed by atoms with Crippen molar-refractivity contribution in [2.24, 2.45) is 7.05 Å². The van der Waals surface area contributed by atoms with Crippen LogP contribution in [-0.2, 0) is 11.8 Å². The van der Waals surface area contributed by atoms with Gasteiger partial charge in [0.25, 0.3) is 5.91 Å². The van der Waals surface area contributed by atoms with Gasteiger partial charge in [0.1, 0.15) is 5.00 Å². The van der Waals surface area contributed by atoms with Crippen LogP contribution in [0.25, 0.3) is 0 Å². The first-order chi connectivity index (χ1) is 9.93. The molecule has 2 aromatic rings. The summed E-state index contributed by atoms with van der Waals surface area (Å²) in [7, 11) is 1.74. The Morgan fingerprint density at radius 2 is 2.14 bits per heavy atom. The summed E-state index contributed by atoms with van der Waals surface area (Å²) in [6.45, 7) is 5.80. The summed E-state index contributed by atoms with van der Waals surface area (Å²) in [6, 6.07) is 0. The molecule has 0 aromatic carbocycles. The maximum absolute atomic E-state index is 12.2. The molecule has 0 aliphatic carbocycles. The number of esters is 1. The zero-order chi connectivity index (χ0) is 15.6. The minimum atomic E-state index is -0.416.